The van der Waals surface area contributed by atoms with Crippen LogP contribution < -0.4 is 4.90 Å². The van der Waals surface area contributed by atoms with Crippen LogP contribution in [0.5, 0.6) is 0 Å². The highest BCUT2D eigenvalue weighted by molar-refractivity contribution is 5.73. The molecule has 0 heterocycles. The summed E-state index contributed by atoms with van der Waals surface area (Å²) in [6.45, 7) is 13.2. The summed E-state index contributed by atoms with van der Waals surface area (Å²) in [6.07, 6.45) is 0. The minimum Gasteiger partial charge on any atom is -0.344 e. The van der Waals surface area contributed by atoms with Crippen molar-refractivity contribution >= 4 is 11.4 Å². The molecule has 0 unspecified atom stereocenters. The fraction of sp³-hybridized carbons (Fsp3) is 0.368. The van der Waals surface area contributed by atoms with Gasteiger partial charge in [-0.3, -0.25) is 0 Å². The molecule has 0 aliphatic rings. The molecule has 1 heteroatoms. The summed E-state index contributed by atoms with van der Waals surface area (Å²) >= 11 is 0. The molecule has 0 saturated carbocycles. The quantitative estimate of drug-likeness (QED) is 0.713. The van der Waals surface area contributed by atoms with Crippen LogP contribution >= 0.6 is 0 Å². The standard InChI is InChI=1S/C19H25N/c1-12-8-9-13(2)18(10-12)20(7)19-15(4)11-14(3)16(5)17(19)6/h8-11H,1-7H3. The van der Waals surface area contributed by atoms with Crippen LogP contribution in [0.25, 0.3) is 0 Å². The highest BCUT2D eigenvalue weighted by Crippen LogP contribution is 2.35. The molecule has 2 rings (SSSR count). The van der Waals surface area contributed by atoms with Gasteiger partial charge < -0.3 is 4.90 Å². The van der Waals surface area contributed by atoms with Gasteiger partial charge in [0.05, 0.1) is 0 Å². The summed E-state index contributed by atoms with van der Waals surface area (Å²) in [5, 5.41) is 0. The maximum Gasteiger partial charge on any atom is 0.0470 e. The molecule has 0 spiro atoms. The van der Waals surface area contributed by atoms with Crippen molar-refractivity contribution in [2.45, 2.75) is 41.5 Å². The molecule has 0 aromatic heterocycles. The first-order valence-corrected chi connectivity index (χ1v) is 7.21. The van der Waals surface area contributed by atoms with E-state index in [1.54, 1.807) is 0 Å². The molecule has 0 amide bonds. The normalized spacial score (nSPS) is 10.8. The minimum atomic E-state index is 1.29. The largest absolute Gasteiger partial charge is 0.344 e. The van der Waals surface area contributed by atoms with Gasteiger partial charge in [-0.1, -0.05) is 18.2 Å². The predicted octanol–water partition coefficient (Wildman–Crippen LogP) is 5.31. The number of anilines is 2. The van der Waals surface area contributed by atoms with Gasteiger partial charge in [0, 0.05) is 18.4 Å². The van der Waals surface area contributed by atoms with E-state index in [1.807, 2.05) is 0 Å². The summed E-state index contributed by atoms with van der Waals surface area (Å²) in [4.78, 5) is 2.33. The van der Waals surface area contributed by atoms with Crippen molar-refractivity contribution < 1.29 is 0 Å². The molecule has 0 atom stereocenters. The topological polar surface area (TPSA) is 3.24 Å². The lowest BCUT2D eigenvalue weighted by Crippen LogP contribution is -2.15. The smallest absolute Gasteiger partial charge is 0.0470 e. The third-order valence-corrected chi connectivity index (χ3v) is 4.38. The van der Waals surface area contributed by atoms with Gasteiger partial charge in [-0.05, 0) is 81.0 Å². The Labute approximate surface area is 123 Å². The summed E-state index contributed by atoms with van der Waals surface area (Å²) in [7, 11) is 2.17. The number of rotatable bonds is 2. The Morgan fingerprint density at radius 2 is 1.35 bits per heavy atom. The van der Waals surface area contributed by atoms with Gasteiger partial charge in [0.15, 0.2) is 0 Å². The van der Waals surface area contributed by atoms with Crippen molar-refractivity contribution in [3.63, 3.8) is 0 Å². The van der Waals surface area contributed by atoms with Crippen molar-refractivity contribution in [2.75, 3.05) is 11.9 Å². The summed E-state index contributed by atoms with van der Waals surface area (Å²) in [5.41, 5.74) is 10.7. The van der Waals surface area contributed by atoms with Gasteiger partial charge in [-0.15, -0.1) is 0 Å². The van der Waals surface area contributed by atoms with E-state index in [2.05, 4.69) is 77.8 Å². The van der Waals surface area contributed by atoms with Crippen LogP contribution in [-0.2, 0) is 0 Å². The maximum absolute atomic E-state index is 2.33. The Morgan fingerprint density at radius 3 is 2.00 bits per heavy atom. The number of hydrogen-bond acceptors (Lipinski definition) is 1. The Kier molecular flexibility index (Phi) is 3.89. The molecular weight excluding hydrogens is 242 g/mol. The van der Waals surface area contributed by atoms with E-state index >= 15 is 0 Å². The van der Waals surface area contributed by atoms with E-state index in [-0.39, 0.29) is 0 Å². The van der Waals surface area contributed by atoms with E-state index in [4.69, 9.17) is 0 Å². The second-order valence-corrected chi connectivity index (χ2v) is 5.96. The van der Waals surface area contributed by atoms with Crippen LogP contribution in [-0.4, -0.2) is 7.05 Å². The van der Waals surface area contributed by atoms with Crippen LogP contribution in [0.15, 0.2) is 24.3 Å². The van der Waals surface area contributed by atoms with Gasteiger partial charge >= 0.3 is 0 Å². The SMILES string of the molecule is Cc1ccc(C)c(N(C)c2c(C)cc(C)c(C)c2C)c1. The molecule has 20 heavy (non-hydrogen) atoms. The maximum atomic E-state index is 2.33. The molecule has 2 aromatic carbocycles. The average Bonchev–Trinajstić information content (AvgIpc) is 2.39. The number of aryl methyl sites for hydroxylation is 4. The molecule has 0 saturated heterocycles. The van der Waals surface area contributed by atoms with Gasteiger partial charge in [0.1, 0.15) is 0 Å². The molecular formula is C19H25N. The zero-order valence-electron chi connectivity index (χ0n) is 13.8. The Morgan fingerprint density at radius 1 is 0.700 bits per heavy atom. The predicted molar refractivity (Wildman–Crippen MR) is 89.4 cm³/mol. The molecule has 0 bridgehead atoms. The fourth-order valence-corrected chi connectivity index (χ4v) is 2.99. The molecule has 0 aliphatic heterocycles. The molecule has 106 valence electrons. The second-order valence-electron chi connectivity index (χ2n) is 5.96. The molecule has 0 aliphatic carbocycles. The van der Waals surface area contributed by atoms with Crippen LogP contribution in [0.3, 0.4) is 0 Å². The van der Waals surface area contributed by atoms with Crippen LogP contribution in [0.4, 0.5) is 11.4 Å². The lowest BCUT2D eigenvalue weighted by Gasteiger charge is -2.27. The monoisotopic (exact) mass is 267 g/mol. The minimum absolute atomic E-state index is 1.29. The highest BCUT2D eigenvalue weighted by Gasteiger charge is 2.14. The van der Waals surface area contributed by atoms with E-state index < -0.39 is 0 Å². The third kappa shape index (κ3) is 2.45. The fourth-order valence-electron chi connectivity index (χ4n) is 2.99. The second kappa shape index (κ2) is 5.32. The number of nitrogens with zero attached hydrogens (tertiary/aromatic N) is 1. The third-order valence-electron chi connectivity index (χ3n) is 4.38. The molecule has 0 N–H and O–H groups in total. The van der Waals surface area contributed by atoms with Crippen molar-refractivity contribution in [2.24, 2.45) is 0 Å². The van der Waals surface area contributed by atoms with Crippen molar-refractivity contribution in [1.82, 2.24) is 0 Å². The number of benzene rings is 2. The summed E-state index contributed by atoms with van der Waals surface area (Å²) in [5.74, 6) is 0. The van der Waals surface area contributed by atoms with Crippen LogP contribution in [0.2, 0.25) is 0 Å². The average molecular weight is 267 g/mol. The lowest BCUT2D eigenvalue weighted by atomic mass is 9.97. The molecule has 2 aromatic rings. The first-order chi connectivity index (χ1) is 9.32. The van der Waals surface area contributed by atoms with Gasteiger partial charge in [0.2, 0.25) is 0 Å². The van der Waals surface area contributed by atoms with Crippen molar-refractivity contribution in [1.29, 1.82) is 0 Å². The Hall–Kier alpha value is -1.76. The van der Waals surface area contributed by atoms with Crippen LogP contribution in [0.1, 0.15) is 33.4 Å². The zero-order valence-corrected chi connectivity index (χ0v) is 13.8. The number of hydrogen-bond donors (Lipinski definition) is 0. The van der Waals surface area contributed by atoms with E-state index in [1.165, 1.54) is 44.8 Å². The van der Waals surface area contributed by atoms with Gasteiger partial charge in [-0.2, -0.15) is 0 Å². The van der Waals surface area contributed by atoms with E-state index in [9.17, 15) is 0 Å². The molecule has 0 radical (unpaired) electrons. The Balaban J connectivity index is 2.62. The molecule has 0 fully saturated rings. The first kappa shape index (κ1) is 14.6. The molecule has 1 nitrogen and oxygen atoms in total. The van der Waals surface area contributed by atoms with Gasteiger partial charge in [0.25, 0.3) is 0 Å². The van der Waals surface area contributed by atoms with E-state index in [0.29, 0.717) is 0 Å². The summed E-state index contributed by atoms with van der Waals surface area (Å²) in [6, 6.07) is 8.93. The van der Waals surface area contributed by atoms with E-state index in [0.717, 1.165) is 0 Å². The summed E-state index contributed by atoms with van der Waals surface area (Å²) < 4.78 is 0. The van der Waals surface area contributed by atoms with Crippen molar-refractivity contribution in [3.05, 3.63) is 57.6 Å². The van der Waals surface area contributed by atoms with Crippen molar-refractivity contribution in [3.8, 4) is 0 Å². The highest BCUT2D eigenvalue weighted by atomic mass is 15.1. The first-order valence-electron chi connectivity index (χ1n) is 7.21. The zero-order chi connectivity index (χ0) is 15.0. The Bertz CT molecular complexity index is 653. The van der Waals surface area contributed by atoms with Crippen LogP contribution in [0, 0.1) is 41.5 Å². The van der Waals surface area contributed by atoms with Gasteiger partial charge in [-0.25, -0.2) is 0 Å². The lowest BCUT2D eigenvalue weighted by molar-refractivity contribution is 1.11.